The molecule has 5 heteroatoms. The minimum atomic E-state index is -0.400. The van der Waals surface area contributed by atoms with E-state index in [1.807, 2.05) is 54.6 Å². The molecule has 0 aliphatic carbocycles. The van der Waals surface area contributed by atoms with Gasteiger partial charge in [-0.25, -0.2) is 0 Å². The first-order valence-electron chi connectivity index (χ1n) is 11.9. The van der Waals surface area contributed by atoms with E-state index < -0.39 is 6.29 Å². The van der Waals surface area contributed by atoms with Gasteiger partial charge in [-0.15, -0.1) is 0 Å². The number of rotatable bonds is 11. The molecule has 0 bridgehead atoms. The van der Waals surface area contributed by atoms with Crippen molar-refractivity contribution < 1.29 is 23.7 Å². The fourth-order valence-corrected chi connectivity index (χ4v) is 4.29. The highest BCUT2D eigenvalue weighted by molar-refractivity contribution is 5.15. The maximum atomic E-state index is 6.47. The molecule has 0 saturated carbocycles. The number of ether oxygens (including phenoxy) is 5. The van der Waals surface area contributed by atoms with Crippen molar-refractivity contribution >= 4 is 0 Å². The van der Waals surface area contributed by atoms with E-state index in [9.17, 15) is 0 Å². The second-order valence-corrected chi connectivity index (χ2v) is 8.66. The zero-order valence-electron chi connectivity index (χ0n) is 19.9. The lowest BCUT2D eigenvalue weighted by molar-refractivity contribution is -0.296. The lowest BCUT2D eigenvalue weighted by Crippen LogP contribution is -2.57. The molecule has 1 saturated heterocycles. The SMILES string of the molecule is CO[C@@H]1O[C@H](COCc2ccccc2)[C@H](OCc2ccccc2)[C@H](OCc2ccccc2)[C@H]1C. The third kappa shape index (κ3) is 6.75. The molecule has 4 rings (SSSR count). The van der Waals surface area contributed by atoms with Crippen LogP contribution in [0.1, 0.15) is 23.6 Å². The van der Waals surface area contributed by atoms with Gasteiger partial charge in [-0.05, 0) is 16.7 Å². The van der Waals surface area contributed by atoms with Crippen molar-refractivity contribution in [2.75, 3.05) is 13.7 Å². The number of hydrogen-bond acceptors (Lipinski definition) is 5. The minimum absolute atomic E-state index is 0.0140. The van der Waals surface area contributed by atoms with Crippen molar-refractivity contribution in [2.24, 2.45) is 5.92 Å². The molecule has 0 radical (unpaired) electrons. The van der Waals surface area contributed by atoms with Crippen molar-refractivity contribution in [2.45, 2.75) is 51.3 Å². The quantitative estimate of drug-likeness (QED) is 0.383. The summed E-state index contributed by atoms with van der Waals surface area (Å²) in [6, 6.07) is 30.5. The first-order valence-corrected chi connectivity index (χ1v) is 11.9. The fourth-order valence-electron chi connectivity index (χ4n) is 4.29. The number of benzene rings is 3. The summed E-state index contributed by atoms with van der Waals surface area (Å²) in [5.74, 6) is -0.0140. The monoisotopic (exact) mass is 462 g/mol. The van der Waals surface area contributed by atoms with E-state index in [0.29, 0.717) is 26.4 Å². The second kappa shape index (κ2) is 12.8. The van der Waals surface area contributed by atoms with Gasteiger partial charge in [-0.3, -0.25) is 0 Å². The maximum Gasteiger partial charge on any atom is 0.162 e. The molecule has 1 aliphatic rings. The fraction of sp³-hybridized carbons (Fsp3) is 0.379. The van der Waals surface area contributed by atoms with Crippen LogP contribution in [0.2, 0.25) is 0 Å². The van der Waals surface area contributed by atoms with Crippen LogP contribution in [-0.2, 0) is 43.5 Å². The molecule has 3 aromatic carbocycles. The largest absolute Gasteiger partial charge is 0.374 e. The number of hydrogen-bond donors (Lipinski definition) is 0. The highest BCUT2D eigenvalue weighted by Crippen LogP contribution is 2.32. The van der Waals surface area contributed by atoms with E-state index in [1.54, 1.807) is 7.11 Å². The third-order valence-electron chi connectivity index (χ3n) is 6.14. The van der Waals surface area contributed by atoms with Crippen LogP contribution >= 0.6 is 0 Å². The van der Waals surface area contributed by atoms with Crippen LogP contribution in [0.5, 0.6) is 0 Å². The van der Waals surface area contributed by atoms with Crippen molar-refractivity contribution in [1.82, 2.24) is 0 Å². The lowest BCUT2D eigenvalue weighted by Gasteiger charge is -2.44. The number of methoxy groups -OCH3 is 1. The zero-order valence-corrected chi connectivity index (χ0v) is 19.9. The van der Waals surface area contributed by atoms with Crippen LogP contribution in [0.15, 0.2) is 91.0 Å². The van der Waals surface area contributed by atoms with Gasteiger partial charge < -0.3 is 23.7 Å². The Morgan fingerprint density at radius 1 is 0.647 bits per heavy atom. The van der Waals surface area contributed by atoms with Crippen LogP contribution in [0.3, 0.4) is 0 Å². The van der Waals surface area contributed by atoms with Crippen molar-refractivity contribution in [3.63, 3.8) is 0 Å². The highest BCUT2D eigenvalue weighted by Gasteiger charge is 2.45. The van der Waals surface area contributed by atoms with Crippen LogP contribution in [0.25, 0.3) is 0 Å². The van der Waals surface area contributed by atoms with Gasteiger partial charge in [0, 0.05) is 13.0 Å². The normalized spacial score (nSPS) is 24.7. The van der Waals surface area contributed by atoms with E-state index >= 15 is 0 Å². The Morgan fingerprint density at radius 3 is 1.62 bits per heavy atom. The molecule has 0 unspecified atom stereocenters. The molecule has 0 spiro atoms. The topological polar surface area (TPSA) is 46.2 Å². The zero-order chi connectivity index (χ0) is 23.6. The summed E-state index contributed by atoms with van der Waals surface area (Å²) in [4.78, 5) is 0. The molecule has 5 nitrogen and oxygen atoms in total. The summed E-state index contributed by atoms with van der Waals surface area (Å²) in [7, 11) is 1.67. The summed E-state index contributed by atoms with van der Waals surface area (Å²) < 4.78 is 31.0. The Hall–Kier alpha value is -2.54. The Labute approximate surface area is 202 Å². The maximum absolute atomic E-state index is 6.47. The van der Waals surface area contributed by atoms with Crippen LogP contribution in [0.4, 0.5) is 0 Å². The molecular weight excluding hydrogens is 428 g/mol. The summed E-state index contributed by atoms with van der Waals surface area (Å²) in [6.07, 6.45) is -1.24. The van der Waals surface area contributed by atoms with Gasteiger partial charge in [-0.2, -0.15) is 0 Å². The summed E-state index contributed by atoms with van der Waals surface area (Å²) in [6.45, 7) is 3.94. The van der Waals surface area contributed by atoms with E-state index in [1.165, 1.54) is 0 Å². The Bertz CT molecular complexity index is 950. The third-order valence-corrected chi connectivity index (χ3v) is 6.14. The van der Waals surface area contributed by atoms with Gasteiger partial charge in [-0.1, -0.05) is 97.9 Å². The molecule has 5 atom stereocenters. The van der Waals surface area contributed by atoms with Gasteiger partial charge in [0.1, 0.15) is 12.2 Å². The highest BCUT2D eigenvalue weighted by atomic mass is 16.7. The Morgan fingerprint density at radius 2 is 1.12 bits per heavy atom. The smallest absolute Gasteiger partial charge is 0.162 e. The van der Waals surface area contributed by atoms with Crippen LogP contribution in [-0.4, -0.2) is 38.3 Å². The molecule has 1 heterocycles. The predicted molar refractivity (Wildman–Crippen MR) is 131 cm³/mol. The van der Waals surface area contributed by atoms with Gasteiger partial charge in [0.05, 0.1) is 32.5 Å². The molecule has 34 heavy (non-hydrogen) atoms. The van der Waals surface area contributed by atoms with Crippen LogP contribution < -0.4 is 0 Å². The van der Waals surface area contributed by atoms with E-state index in [0.717, 1.165) is 16.7 Å². The molecule has 180 valence electrons. The molecular formula is C29H34O5. The van der Waals surface area contributed by atoms with E-state index in [-0.39, 0.29) is 24.2 Å². The average Bonchev–Trinajstić information content (AvgIpc) is 2.89. The second-order valence-electron chi connectivity index (χ2n) is 8.66. The molecule has 1 fully saturated rings. The van der Waals surface area contributed by atoms with Gasteiger partial charge >= 0.3 is 0 Å². The summed E-state index contributed by atoms with van der Waals surface area (Å²) in [5.41, 5.74) is 3.34. The van der Waals surface area contributed by atoms with E-state index in [4.69, 9.17) is 23.7 Å². The summed E-state index contributed by atoms with van der Waals surface area (Å²) >= 11 is 0. The first kappa shape index (κ1) is 24.6. The van der Waals surface area contributed by atoms with Crippen molar-refractivity contribution in [1.29, 1.82) is 0 Å². The first-order chi connectivity index (χ1) is 16.7. The summed E-state index contributed by atoms with van der Waals surface area (Å²) in [5, 5.41) is 0. The van der Waals surface area contributed by atoms with Gasteiger partial charge in [0.2, 0.25) is 0 Å². The lowest BCUT2D eigenvalue weighted by atomic mass is 9.91. The molecule has 3 aromatic rings. The Kier molecular flexibility index (Phi) is 9.25. The Balaban J connectivity index is 1.48. The van der Waals surface area contributed by atoms with Gasteiger partial charge in [0.25, 0.3) is 0 Å². The minimum Gasteiger partial charge on any atom is -0.374 e. The van der Waals surface area contributed by atoms with Crippen LogP contribution in [0, 0.1) is 5.92 Å². The van der Waals surface area contributed by atoms with E-state index in [2.05, 4.69) is 43.3 Å². The molecule has 0 N–H and O–H groups in total. The molecule has 0 aromatic heterocycles. The molecule has 0 amide bonds. The van der Waals surface area contributed by atoms with Gasteiger partial charge in [0.15, 0.2) is 6.29 Å². The average molecular weight is 463 g/mol. The standard InChI is InChI=1S/C29H34O5/c1-22-27(32-19-24-14-8-4-9-15-24)28(33-20-25-16-10-5-11-17-25)26(34-29(22)30-2)21-31-18-23-12-6-3-7-13-23/h3-17,22,26-29H,18-21H2,1-2H3/t22-,26-,27-,28+,29-/m1/s1. The van der Waals surface area contributed by atoms with Crippen molar-refractivity contribution in [3.05, 3.63) is 108 Å². The molecule has 1 aliphatic heterocycles. The predicted octanol–water partition coefficient (Wildman–Crippen LogP) is 5.38. The van der Waals surface area contributed by atoms with Crippen molar-refractivity contribution in [3.8, 4) is 0 Å².